The van der Waals surface area contributed by atoms with Crippen LogP contribution in [0.5, 0.6) is 0 Å². The fourth-order valence-corrected chi connectivity index (χ4v) is 3.28. The van der Waals surface area contributed by atoms with Crippen LogP contribution in [0, 0.1) is 5.92 Å². The number of carbonyl (C=O) groups is 1. The molecule has 1 heterocycles. The Morgan fingerprint density at radius 1 is 1.29 bits per heavy atom. The number of nitrogens with one attached hydrogen (secondary N) is 2. The highest BCUT2D eigenvalue weighted by Gasteiger charge is 2.23. The lowest BCUT2D eigenvalue weighted by atomic mass is 9.87. The average molecular weight is 327 g/mol. The Kier molecular flexibility index (Phi) is 6.01. The highest BCUT2D eigenvalue weighted by atomic mass is 16.5. The molecule has 2 N–H and O–H groups in total. The molecule has 0 radical (unpaired) electrons. The standard InChI is InChI=1S/C19H25N3O2/c23-19(17-13-21-22-14-17)20-12-16-7-4-8-18(11-16)24-10-9-15-5-2-1-3-6-15/h1-3,5-6,13-14,16,18H,4,7-12H2,(H,20,23)(H,21,22). The third kappa shape index (κ3) is 4.93. The number of benzene rings is 1. The van der Waals surface area contributed by atoms with Gasteiger partial charge in [-0.2, -0.15) is 5.10 Å². The zero-order chi connectivity index (χ0) is 16.6. The smallest absolute Gasteiger partial charge is 0.254 e. The van der Waals surface area contributed by atoms with Gasteiger partial charge >= 0.3 is 0 Å². The van der Waals surface area contributed by atoms with Gasteiger partial charge in [0.1, 0.15) is 0 Å². The number of amides is 1. The predicted molar refractivity (Wildman–Crippen MR) is 92.8 cm³/mol. The largest absolute Gasteiger partial charge is 0.378 e. The number of aromatic nitrogens is 2. The number of nitrogens with zero attached hydrogens (tertiary/aromatic N) is 1. The molecule has 5 heteroatoms. The number of carbonyl (C=O) groups excluding carboxylic acids is 1. The number of ether oxygens (including phenoxy) is 1. The molecule has 0 bridgehead atoms. The zero-order valence-corrected chi connectivity index (χ0v) is 13.9. The van der Waals surface area contributed by atoms with Gasteiger partial charge < -0.3 is 10.1 Å². The number of hydrogen-bond donors (Lipinski definition) is 2. The first kappa shape index (κ1) is 16.7. The molecule has 2 aromatic rings. The van der Waals surface area contributed by atoms with Crippen molar-refractivity contribution in [2.45, 2.75) is 38.2 Å². The summed E-state index contributed by atoms with van der Waals surface area (Å²) in [5.74, 6) is 0.437. The summed E-state index contributed by atoms with van der Waals surface area (Å²) in [4.78, 5) is 12.0. The van der Waals surface area contributed by atoms with Crippen LogP contribution in [0.4, 0.5) is 0 Å². The van der Waals surface area contributed by atoms with Gasteiger partial charge in [-0.15, -0.1) is 0 Å². The minimum absolute atomic E-state index is 0.0594. The molecule has 1 aromatic heterocycles. The quantitative estimate of drug-likeness (QED) is 0.821. The van der Waals surface area contributed by atoms with Crippen molar-refractivity contribution in [1.29, 1.82) is 0 Å². The van der Waals surface area contributed by atoms with E-state index in [9.17, 15) is 4.79 Å². The number of H-pyrrole nitrogens is 1. The highest BCUT2D eigenvalue weighted by Crippen LogP contribution is 2.26. The van der Waals surface area contributed by atoms with Crippen molar-refractivity contribution >= 4 is 5.91 Å². The predicted octanol–water partition coefficient (Wildman–Crippen LogP) is 2.96. The van der Waals surface area contributed by atoms with Crippen LogP contribution in [0.25, 0.3) is 0 Å². The van der Waals surface area contributed by atoms with E-state index in [1.54, 1.807) is 12.4 Å². The fraction of sp³-hybridized carbons (Fsp3) is 0.474. The molecule has 1 aliphatic carbocycles. The van der Waals surface area contributed by atoms with Crippen molar-refractivity contribution in [1.82, 2.24) is 15.5 Å². The van der Waals surface area contributed by atoms with Crippen LogP contribution in [0.1, 0.15) is 41.6 Å². The Hall–Kier alpha value is -2.14. The second-order valence-electron chi connectivity index (χ2n) is 6.46. The third-order valence-electron chi connectivity index (χ3n) is 4.63. The third-order valence-corrected chi connectivity index (χ3v) is 4.63. The second-order valence-corrected chi connectivity index (χ2v) is 6.46. The summed E-state index contributed by atoms with van der Waals surface area (Å²) in [6, 6.07) is 10.4. The molecule has 24 heavy (non-hydrogen) atoms. The number of aromatic amines is 1. The summed E-state index contributed by atoms with van der Waals surface area (Å²) < 4.78 is 6.07. The van der Waals surface area contributed by atoms with Gasteiger partial charge in [0.05, 0.1) is 24.5 Å². The molecule has 1 fully saturated rings. The summed E-state index contributed by atoms with van der Waals surface area (Å²) >= 11 is 0. The van der Waals surface area contributed by atoms with E-state index < -0.39 is 0 Å². The van der Waals surface area contributed by atoms with Crippen LogP contribution in [0.2, 0.25) is 0 Å². The summed E-state index contributed by atoms with van der Waals surface area (Å²) in [5, 5.41) is 9.47. The van der Waals surface area contributed by atoms with E-state index in [-0.39, 0.29) is 5.91 Å². The van der Waals surface area contributed by atoms with Gasteiger partial charge in [0, 0.05) is 12.7 Å². The van der Waals surface area contributed by atoms with Crippen LogP contribution in [0.15, 0.2) is 42.7 Å². The molecule has 128 valence electrons. The molecule has 1 aromatic carbocycles. The summed E-state index contributed by atoms with van der Waals surface area (Å²) in [5.41, 5.74) is 1.90. The molecule has 1 aliphatic rings. The Morgan fingerprint density at radius 3 is 2.96 bits per heavy atom. The van der Waals surface area contributed by atoms with E-state index in [0.717, 1.165) is 32.3 Å². The summed E-state index contributed by atoms with van der Waals surface area (Å²) in [6.07, 6.45) is 8.92. The lowest BCUT2D eigenvalue weighted by molar-refractivity contribution is 0.0147. The topological polar surface area (TPSA) is 67.0 Å². The molecule has 0 aliphatic heterocycles. The Morgan fingerprint density at radius 2 is 2.17 bits per heavy atom. The lowest BCUT2D eigenvalue weighted by Crippen LogP contribution is -2.33. The first-order valence-electron chi connectivity index (χ1n) is 8.74. The second kappa shape index (κ2) is 8.64. The summed E-state index contributed by atoms with van der Waals surface area (Å²) in [6.45, 7) is 1.48. The Labute approximate surface area is 142 Å². The number of hydrogen-bond acceptors (Lipinski definition) is 3. The molecular formula is C19H25N3O2. The van der Waals surface area contributed by atoms with Crippen molar-refractivity contribution < 1.29 is 9.53 Å². The van der Waals surface area contributed by atoms with Gasteiger partial charge in [0.15, 0.2) is 0 Å². The van der Waals surface area contributed by atoms with Crippen molar-refractivity contribution in [2.24, 2.45) is 5.92 Å². The van der Waals surface area contributed by atoms with Crippen LogP contribution < -0.4 is 5.32 Å². The van der Waals surface area contributed by atoms with E-state index in [0.29, 0.717) is 24.1 Å². The zero-order valence-electron chi connectivity index (χ0n) is 13.9. The van der Waals surface area contributed by atoms with E-state index in [2.05, 4.69) is 39.8 Å². The molecule has 1 saturated carbocycles. The van der Waals surface area contributed by atoms with E-state index in [1.165, 1.54) is 12.0 Å². The minimum atomic E-state index is -0.0594. The minimum Gasteiger partial charge on any atom is -0.378 e. The van der Waals surface area contributed by atoms with Crippen LogP contribution >= 0.6 is 0 Å². The van der Waals surface area contributed by atoms with Crippen LogP contribution in [-0.2, 0) is 11.2 Å². The highest BCUT2D eigenvalue weighted by molar-refractivity contribution is 5.93. The average Bonchev–Trinajstić information content (AvgIpc) is 3.16. The lowest BCUT2D eigenvalue weighted by Gasteiger charge is -2.29. The molecular weight excluding hydrogens is 302 g/mol. The molecule has 2 unspecified atom stereocenters. The normalized spacial score (nSPS) is 20.7. The Bertz CT molecular complexity index is 613. The maximum Gasteiger partial charge on any atom is 0.254 e. The van der Waals surface area contributed by atoms with Crippen LogP contribution in [-0.4, -0.2) is 35.4 Å². The van der Waals surface area contributed by atoms with Gasteiger partial charge in [-0.25, -0.2) is 0 Å². The van der Waals surface area contributed by atoms with Crippen LogP contribution in [0.3, 0.4) is 0 Å². The molecule has 0 spiro atoms. The van der Waals surface area contributed by atoms with Gasteiger partial charge in [-0.05, 0) is 37.2 Å². The van der Waals surface area contributed by atoms with Crippen molar-refractivity contribution in [2.75, 3.05) is 13.2 Å². The summed E-state index contributed by atoms with van der Waals surface area (Å²) in [7, 11) is 0. The molecule has 2 atom stereocenters. The molecule has 0 saturated heterocycles. The number of rotatable bonds is 7. The first-order chi connectivity index (χ1) is 11.8. The molecule has 5 nitrogen and oxygen atoms in total. The van der Waals surface area contributed by atoms with Gasteiger partial charge in [0.25, 0.3) is 5.91 Å². The Balaban J connectivity index is 1.37. The fourth-order valence-electron chi connectivity index (χ4n) is 3.28. The maximum atomic E-state index is 12.0. The maximum absolute atomic E-state index is 12.0. The SMILES string of the molecule is O=C(NCC1CCCC(OCCc2ccccc2)C1)c1cn[nH]c1. The van der Waals surface area contributed by atoms with Gasteiger partial charge in [0.2, 0.25) is 0 Å². The van der Waals surface area contributed by atoms with Crippen molar-refractivity contribution in [3.63, 3.8) is 0 Å². The van der Waals surface area contributed by atoms with Gasteiger partial charge in [-0.1, -0.05) is 36.8 Å². The van der Waals surface area contributed by atoms with E-state index in [4.69, 9.17) is 4.74 Å². The van der Waals surface area contributed by atoms with Crippen molar-refractivity contribution in [3.05, 3.63) is 53.9 Å². The van der Waals surface area contributed by atoms with E-state index >= 15 is 0 Å². The monoisotopic (exact) mass is 327 g/mol. The van der Waals surface area contributed by atoms with Crippen molar-refractivity contribution in [3.8, 4) is 0 Å². The first-order valence-corrected chi connectivity index (χ1v) is 8.74. The molecule has 3 rings (SSSR count). The van der Waals surface area contributed by atoms with Gasteiger partial charge in [-0.3, -0.25) is 9.89 Å². The molecule has 1 amide bonds. The van der Waals surface area contributed by atoms with E-state index in [1.807, 2.05) is 6.07 Å².